The van der Waals surface area contributed by atoms with Crippen LogP contribution in [0, 0.1) is 23.2 Å². The SMILES string of the molecule is CC1=C[C@H]2[C@H](CC1)C(=O)[C@@H](C)CCC2(C)C. The van der Waals surface area contributed by atoms with E-state index in [4.69, 9.17) is 0 Å². The minimum Gasteiger partial charge on any atom is -0.299 e. The van der Waals surface area contributed by atoms with Gasteiger partial charge in [-0.3, -0.25) is 4.79 Å². The Morgan fingerprint density at radius 2 is 2.00 bits per heavy atom. The van der Waals surface area contributed by atoms with Gasteiger partial charge in [-0.05, 0) is 43.9 Å². The van der Waals surface area contributed by atoms with Crippen molar-refractivity contribution in [3.63, 3.8) is 0 Å². The van der Waals surface area contributed by atoms with Gasteiger partial charge < -0.3 is 0 Å². The molecule has 0 radical (unpaired) electrons. The van der Waals surface area contributed by atoms with Crippen LogP contribution in [-0.4, -0.2) is 5.78 Å². The van der Waals surface area contributed by atoms with Gasteiger partial charge in [0, 0.05) is 11.8 Å². The molecule has 2 aliphatic rings. The second-order valence-electron chi connectivity index (χ2n) is 6.51. The number of rotatable bonds is 0. The van der Waals surface area contributed by atoms with Crippen LogP contribution in [0.3, 0.4) is 0 Å². The summed E-state index contributed by atoms with van der Waals surface area (Å²) >= 11 is 0. The Morgan fingerprint density at radius 1 is 1.31 bits per heavy atom. The average Bonchev–Trinajstić information content (AvgIpc) is 2.31. The van der Waals surface area contributed by atoms with Gasteiger partial charge in [-0.2, -0.15) is 0 Å². The lowest BCUT2D eigenvalue weighted by molar-refractivity contribution is -0.127. The number of hydrogen-bond acceptors (Lipinski definition) is 1. The average molecular weight is 220 g/mol. The van der Waals surface area contributed by atoms with E-state index < -0.39 is 0 Å². The van der Waals surface area contributed by atoms with Crippen molar-refractivity contribution in [2.75, 3.05) is 0 Å². The Bertz CT molecular complexity index is 324. The molecule has 0 aromatic rings. The lowest BCUT2D eigenvalue weighted by atomic mass is 9.66. The predicted molar refractivity (Wildman–Crippen MR) is 67.2 cm³/mol. The molecule has 0 heterocycles. The van der Waals surface area contributed by atoms with E-state index in [1.165, 1.54) is 12.0 Å². The summed E-state index contributed by atoms with van der Waals surface area (Å²) in [6, 6.07) is 0. The first-order valence-corrected chi connectivity index (χ1v) is 6.63. The maximum atomic E-state index is 12.3. The maximum absolute atomic E-state index is 12.3. The molecule has 3 atom stereocenters. The van der Waals surface area contributed by atoms with Gasteiger partial charge in [0.15, 0.2) is 0 Å². The van der Waals surface area contributed by atoms with E-state index in [2.05, 4.69) is 33.8 Å². The number of allylic oxidation sites excluding steroid dienone is 2. The molecule has 1 nitrogen and oxygen atoms in total. The van der Waals surface area contributed by atoms with Gasteiger partial charge in [0.1, 0.15) is 5.78 Å². The van der Waals surface area contributed by atoms with Crippen LogP contribution in [0.4, 0.5) is 0 Å². The molecule has 0 spiro atoms. The highest BCUT2D eigenvalue weighted by molar-refractivity contribution is 5.84. The molecule has 1 saturated carbocycles. The number of carbonyl (C=O) groups is 1. The Balaban J connectivity index is 2.37. The van der Waals surface area contributed by atoms with E-state index in [1.807, 2.05) is 0 Å². The Hall–Kier alpha value is -0.590. The fraction of sp³-hybridized carbons (Fsp3) is 0.800. The van der Waals surface area contributed by atoms with Crippen molar-refractivity contribution in [2.24, 2.45) is 23.2 Å². The Labute approximate surface area is 99.3 Å². The summed E-state index contributed by atoms with van der Waals surface area (Å²) < 4.78 is 0. The van der Waals surface area contributed by atoms with Crippen LogP contribution in [0.1, 0.15) is 53.4 Å². The van der Waals surface area contributed by atoms with Crippen LogP contribution in [0.25, 0.3) is 0 Å². The summed E-state index contributed by atoms with van der Waals surface area (Å²) in [5.74, 6) is 1.59. The van der Waals surface area contributed by atoms with E-state index in [0.29, 0.717) is 23.0 Å². The van der Waals surface area contributed by atoms with Crippen LogP contribution >= 0.6 is 0 Å². The monoisotopic (exact) mass is 220 g/mol. The van der Waals surface area contributed by atoms with Gasteiger partial charge in [-0.25, -0.2) is 0 Å². The largest absolute Gasteiger partial charge is 0.299 e. The lowest BCUT2D eigenvalue weighted by Crippen LogP contribution is -2.34. The smallest absolute Gasteiger partial charge is 0.139 e. The molecule has 0 unspecified atom stereocenters. The summed E-state index contributed by atoms with van der Waals surface area (Å²) in [7, 11) is 0. The molecule has 0 aromatic carbocycles. The first-order chi connectivity index (χ1) is 7.42. The fourth-order valence-electron chi connectivity index (χ4n) is 3.42. The molecule has 90 valence electrons. The topological polar surface area (TPSA) is 17.1 Å². The molecule has 2 aliphatic carbocycles. The number of fused-ring (bicyclic) bond motifs is 1. The molecule has 1 fully saturated rings. The molecule has 0 aliphatic heterocycles. The Kier molecular flexibility index (Phi) is 2.98. The highest BCUT2D eigenvalue weighted by atomic mass is 16.1. The van der Waals surface area contributed by atoms with Crippen LogP contribution in [0.5, 0.6) is 0 Å². The highest BCUT2D eigenvalue weighted by Crippen LogP contribution is 2.47. The predicted octanol–water partition coefficient (Wildman–Crippen LogP) is 3.98. The zero-order chi connectivity index (χ0) is 11.9. The molecular weight excluding hydrogens is 196 g/mol. The van der Waals surface area contributed by atoms with Crippen LogP contribution in [0.15, 0.2) is 11.6 Å². The zero-order valence-corrected chi connectivity index (χ0v) is 11.0. The van der Waals surface area contributed by atoms with E-state index in [-0.39, 0.29) is 5.92 Å². The second kappa shape index (κ2) is 4.01. The molecule has 0 aromatic heterocycles. The Morgan fingerprint density at radius 3 is 2.69 bits per heavy atom. The maximum Gasteiger partial charge on any atom is 0.139 e. The first-order valence-electron chi connectivity index (χ1n) is 6.63. The first kappa shape index (κ1) is 11.9. The highest BCUT2D eigenvalue weighted by Gasteiger charge is 2.43. The van der Waals surface area contributed by atoms with E-state index in [1.54, 1.807) is 0 Å². The molecule has 2 rings (SSSR count). The summed E-state index contributed by atoms with van der Waals surface area (Å²) in [6.45, 7) is 9.01. The number of hydrogen-bond donors (Lipinski definition) is 0. The van der Waals surface area contributed by atoms with E-state index >= 15 is 0 Å². The fourth-order valence-corrected chi connectivity index (χ4v) is 3.42. The lowest BCUT2D eigenvalue weighted by Gasteiger charge is -2.38. The van der Waals surface area contributed by atoms with Gasteiger partial charge >= 0.3 is 0 Å². The minimum absolute atomic E-state index is 0.279. The van der Waals surface area contributed by atoms with Crippen LogP contribution in [-0.2, 0) is 4.79 Å². The molecule has 0 N–H and O–H groups in total. The van der Waals surface area contributed by atoms with Crippen molar-refractivity contribution in [3.05, 3.63) is 11.6 Å². The van der Waals surface area contributed by atoms with Crippen molar-refractivity contribution in [2.45, 2.75) is 53.4 Å². The van der Waals surface area contributed by atoms with Crippen molar-refractivity contribution in [1.82, 2.24) is 0 Å². The number of ketones is 1. The molecule has 0 saturated heterocycles. The van der Waals surface area contributed by atoms with E-state index in [9.17, 15) is 4.79 Å². The van der Waals surface area contributed by atoms with Gasteiger partial charge in [-0.1, -0.05) is 32.4 Å². The quantitative estimate of drug-likeness (QED) is 0.564. The third kappa shape index (κ3) is 1.97. The van der Waals surface area contributed by atoms with Crippen molar-refractivity contribution >= 4 is 5.78 Å². The van der Waals surface area contributed by atoms with Crippen molar-refractivity contribution in [3.8, 4) is 0 Å². The molecule has 0 bridgehead atoms. The van der Waals surface area contributed by atoms with E-state index in [0.717, 1.165) is 19.3 Å². The number of carbonyl (C=O) groups excluding carboxylic acids is 1. The van der Waals surface area contributed by atoms with Crippen molar-refractivity contribution < 1.29 is 4.79 Å². The third-order valence-electron chi connectivity index (χ3n) is 4.72. The zero-order valence-electron chi connectivity index (χ0n) is 11.0. The summed E-state index contributed by atoms with van der Waals surface area (Å²) in [5.41, 5.74) is 1.78. The summed E-state index contributed by atoms with van der Waals surface area (Å²) in [5, 5.41) is 0. The molecule has 0 amide bonds. The van der Waals surface area contributed by atoms with Gasteiger partial charge in [0.05, 0.1) is 0 Å². The normalized spacial score (nSPS) is 38.6. The molecule has 16 heavy (non-hydrogen) atoms. The van der Waals surface area contributed by atoms with Gasteiger partial charge in [0.2, 0.25) is 0 Å². The molecule has 1 heteroatoms. The second-order valence-corrected chi connectivity index (χ2v) is 6.51. The minimum atomic E-state index is 0.279. The number of Topliss-reactive ketones (excluding diaryl/α,β-unsaturated/α-hetero) is 1. The van der Waals surface area contributed by atoms with Gasteiger partial charge in [0.25, 0.3) is 0 Å². The summed E-state index contributed by atoms with van der Waals surface area (Å²) in [4.78, 5) is 12.3. The van der Waals surface area contributed by atoms with Crippen molar-refractivity contribution in [1.29, 1.82) is 0 Å². The third-order valence-corrected chi connectivity index (χ3v) is 4.72. The molecular formula is C15H24O. The van der Waals surface area contributed by atoms with Gasteiger partial charge in [-0.15, -0.1) is 0 Å². The summed E-state index contributed by atoms with van der Waals surface area (Å²) in [6.07, 6.45) is 6.86. The standard InChI is InChI=1S/C15H24O/c1-10-5-6-12-13(9-10)15(3,4)8-7-11(2)14(12)16/h9,11-13H,5-8H2,1-4H3/t11-,12-,13-/m0/s1. The van der Waals surface area contributed by atoms with Crippen LogP contribution < -0.4 is 0 Å². The van der Waals surface area contributed by atoms with Crippen LogP contribution in [0.2, 0.25) is 0 Å².